The van der Waals surface area contributed by atoms with E-state index in [1.807, 2.05) is 79.0 Å². The molecule has 4 nitrogen and oxygen atoms in total. The first-order chi connectivity index (χ1) is 18.0. The quantitative estimate of drug-likeness (QED) is 0.264. The van der Waals surface area contributed by atoms with Gasteiger partial charge in [-0.1, -0.05) is 66.7 Å². The molecular formula is C32H27FN2O2. The minimum absolute atomic E-state index is 0.166. The maximum absolute atomic E-state index is 14.9. The first-order valence-corrected chi connectivity index (χ1v) is 12.2. The summed E-state index contributed by atoms with van der Waals surface area (Å²) >= 11 is 0. The summed E-state index contributed by atoms with van der Waals surface area (Å²) in [5.74, 6) is -0.215. The molecule has 0 saturated carbocycles. The summed E-state index contributed by atoms with van der Waals surface area (Å²) in [6, 6.07) is 28.4. The number of carbonyl (C=O) groups excluding carboxylic acids is 1. The van der Waals surface area contributed by atoms with E-state index in [1.54, 1.807) is 26.3 Å². The molecule has 1 atom stereocenters. The molecule has 0 bridgehead atoms. The average Bonchev–Trinajstić information content (AvgIpc) is 2.95. The van der Waals surface area contributed by atoms with Gasteiger partial charge in [0.2, 0.25) is 5.91 Å². The Morgan fingerprint density at radius 2 is 1.68 bits per heavy atom. The summed E-state index contributed by atoms with van der Waals surface area (Å²) in [6.45, 7) is 2.13. The van der Waals surface area contributed by atoms with Crippen LogP contribution in [0.3, 0.4) is 0 Å². The Morgan fingerprint density at radius 3 is 2.46 bits per heavy atom. The molecule has 37 heavy (non-hydrogen) atoms. The van der Waals surface area contributed by atoms with Gasteiger partial charge in [-0.2, -0.15) is 0 Å². The monoisotopic (exact) mass is 490 g/mol. The molecule has 5 heteroatoms. The van der Waals surface area contributed by atoms with Gasteiger partial charge < -0.3 is 10.1 Å². The fraction of sp³-hybridized carbons (Fsp3) is 0.125. The smallest absolute Gasteiger partial charge is 0.227 e. The van der Waals surface area contributed by atoms with Crippen molar-refractivity contribution >= 4 is 16.7 Å². The number of fused-ring (bicyclic) bond motifs is 1. The van der Waals surface area contributed by atoms with Crippen LogP contribution in [-0.2, 0) is 11.3 Å². The summed E-state index contributed by atoms with van der Waals surface area (Å²) in [6.07, 6.45) is 3.59. The number of carbonyl (C=O) groups is 1. The van der Waals surface area contributed by atoms with Crippen molar-refractivity contribution in [1.29, 1.82) is 0 Å². The molecular weight excluding hydrogens is 463 g/mol. The molecule has 0 unspecified atom stereocenters. The van der Waals surface area contributed by atoms with Crippen LogP contribution in [-0.4, -0.2) is 18.0 Å². The van der Waals surface area contributed by atoms with Gasteiger partial charge >= 0.3 is 0 Å². The zero-order chi connectivity index (χ0) is 25.8. The van der Waals surface area contributed by atoms with Crippen molar-refractivity contribution in [2.75, 3.05) is 7.11 Å². The Labute approximate surface area is 215 Å². The molecule has 0 saturated heterocycles. The van der Waals surface area contributed by atoms with Crippen LogP contribution in [0.5, 0.6) is 5.75 Å². The lowest BCUT2D eigenvalue weighted by Crippen LogP contribution is -2.27. The van der Waals surface area contributed by atoms with E-state index < -0.39 is 5.92 Å². The third kappa shape index (κ3) is 5.07. The molecule has 0 aliphatic carbocycles. The summed E-state index contributed by atoms with van der Waals surface area (Å²) in [4.78, 5) is 17.3. The molecule has 1 aromatic heterocycles. The number of hydrogen-bond donors (Lipinski definition) is 1. The maximum Gasteiger partial charge on any atom is 0.227 e. The lowest BCUT2D eigenvalue weighted by atomic mass is 9.95. The van der Waals surface area contributed by atoms with Crippen LogP contribution in [0, 0.1) is 5.82 Å². The molecule has 1 amide bonds. The second-order valence-electron chi connectivity index (χ2n) is 8.97. The van der Waals surface area contributed by atoms with Gasteiger partial charge in [0.15, 0.2) is 0 Å². The number of ether oxygens (including phenoxy) is 1. The van der Waals surface area contributed by atoms with Gasteiger partial charge in [-0.15, -0.1) is 0 Å². The van der Waals surface area contributed by atoms with E-state index in [9.17, 15) is 9.18 Å². The number of aromatic nitrogens is 1. The lowest BCUT2D eigenvalue weighted by Gasteiger charge is -2.16. The number of halogens is 1. The van der Waals surface area contributed by atoms with Crippen LogP contribution in [0.4, 0.5) is 4.39 Å². The van der Waals surface area contributed by atoms with Crippen molar-refractivity contribution in [1.82, 2.24) is 10.3 Å². The first kappa shape index (κ1) is 24.2. The van der Waals surface area contributed by atoms with Crippen LogP contribution in [0.2, 0.25) is 0 Å². The number of methoxy groups -OCH3 is 1. The highest BCUT2D eigenvalue weighted by Gasteiger charge is 2.18. The molecule has 1 heterocycles. The van der Waals surface area contributed by atoms with Gasteiger partial charge in [0.1, 0.15) is 11.6 Å². The largest absolute Gasteiger partial charge is 0.497 e. The zero-order valence-electron chi connectivity index (χ0n) is 20.7. The van der Waals surface area contributed by atoms with E-state index in [2.05, 4.69) is 16.4 Å². The normalized spacial score (nSPS) is 11.8. The first-order valence-electron chi connectivity index (χ1n) is 12.2. The summed E-state index contributed by atoms with van der Waals surface area (Å²) in [7, 11) is 1.65. The van der Waals surface area contributed by atoms with Gasteiger partial charge in [-0.05, 0) is 64.4 Å². The Kier molecular flexibility index (Phi) is 6.95. The highest BCUT2D eigenvalue weighted by molar-refractivity contribution is 5.98. The molecule has 5 aromatic rings. The van der Waals surface area contributed by atoms with Crippen LogP contribution < -0.4 is 10.1 Å². The third-order valence-corrected chi connectivity index (χ3v) is 6.71. The van der Waals surface area contributed by atoms with Crippen LogP contribution in [0.25, 0.3) is 33.0 Å². The summed E-state index contributed by atoms with van der Waals surface area (Å²) in [5, 5.41) is 5.03. The fourth-order valence-corrected chi connectivity index (χ4v) is 4.58. The Bertz CT molecular complexity index is 1570. The number of nitrogens with one attached hydrogen (secondary N) is 1. The van der Waals surface area contributed by atoms with Crippen LogP contribution in [0.15, 0.2) is 103 Å². The van der Waals surface area contributed by atoms with Gasteiger partial charge in [0.25, 0.3) is 0 Å². The number of pyridine rings is 1. The summed E-state index contributed by atoms with van der Waals surface area (Å²) in [5.41, 5.74) is 5.03. The minimum atomic E-state index is -0.500. The average molecular weight is 491 g/mol. The van der Waals surface area contributed by atoms with Crippen molar-refractivity contribution in [2.24, 2.45) is 0 Å². The molecule has 0 aliphatic rings. The lowest BCUT2D eigenvalue weighted by molar-refractivity contribution is -0.122. The number of rotatable bonds is 7. The Morgan fingerprint density at radius 1 is 0.892 bits per heavy atom. The topological polar surface area (TPSA) is 51.2 Å². The Hall–Kier alpha value is -4.51. The van der Waals surface area contributed by atoms with Crippen molar-refractivity contribution < 1.29 is 13.9 Å². The van der Waals surface area contributed by atoms with E-state index in [0.717, 1.165) is 38.8 Å². The highest BCUT2D eigenvalue weighted by Crippen LogP contribution is 2.32. The van der Waals surface area contributed by atoms with Crippen molar-refractivity contribution in [2.45, 2.75) is 19.4 Å². The van der Waals surface area contributed by atoms with Crippen molar-refractivity contribution in [3.8, 4) is 28.0 Å². The van der Waals surface area contributed by atoms with Crippen molar-refractivity contribution in [3.63, 3.8) is 0 Å². The third-order valence-electron chi connectivity index (χ3n) is 6.71. The molecule has 0 spiro atoms. The second kappa shape index (κ2) is 10.6. The standard InChI is InChI=1S/C32H27FN2O2/c1-21(23-11-14-28(31(33)18-23)22-7-4-3-5-8-22)32(36)35-19-25-12-13-27(29-15-16-34-20-30(25)29)24-9-6-10-26(17-24)37-2/h3-18,20-21H,19H2,1-2H3,(H,35,36)/t21-/m0/s1. The van der Waals surface area contributed by atoms with Gasteiger partial charge in [0, 0.05) is 29.9 Å². The molecule has 1 N–H and O–H groups in total. The maximum atomic E-state index is 14.9. The number of benzene rings is 4. The number of hydrogen-bond acceptors (Lipinski definition) is 3. The predicted octanol–water partition coefficient (Wildman–Crippen LogP) is 7.14. The molecule has 5 rings (SSSR count). The van der Waals surface area contributed by atoms with E-state index in [1.165, 1.54) is 6.07 Å². The highest BCUT2D eigenvalue weighted by atomic mass is 19.1. The molecule has 0 radical (unpaired) electrons. The van der Waals surface area contributed by atoms with Crippen LogP contribution in [0.1, 0.15) is 24.0 Å². The summed E-state index contributed by atoms with van der Waals surface area (Å²) < 4.78 is 20.3. The SMILES string of the molecule is COc1cccc(-c2ccc(CNC(=O)[C@@H](C)c3ccc(-c4ccccc4)c(F)c3)c3cnccc23)c1. The van der Waals surface area contributed by atoms with Gasteiger partial charge in [-0.25, -0.2) is 4.39 Å². The molecule has 0 fully saturated rings. The second-order valence-corrected chi connectivity index (χ2v) is 8.97. The molecule has 4 aromatic carbocycles. The van der Waals surface area contributed by atoms with Gasteiger partial charge in [0.05, 0.1) is 13.0 Å². The van der Waals surface area contributed by atoms with Crippen LogP contribution >= 0.6 is 0 Å². The van der Waals surface area contributed by atoms with E-state index in [4.69, 9.17) is 4.74 Å². The van der Waals surface area contributed by atoms with E-state index >= 15 is 0 Å². The fourth-order valence-electron chi connectivity index (χ4n) is 4.58. The minimum Gasteiger partial charge on any atom is -0.497 e. The Balaban J connectivity index is 1.35. The molecule has 184 valence electrons. The molecule has 0 aliphatic heterocycles. The predicted molar refractivity (Wildman–Crippen MR) is 146 cm³/mol. The zero-order valence-corrected chi connectivity index (χ0v) is 20.7. The van der Waals surface area contributed by atoms with E-state index in [0.29, 0.717) is 17.7 Å². The number of nitrogens with zero attached hydrogens (tertiary/aromatic N) is 1. The number of amides is 1. The van der Waals surface area contributed by atoms with Crippen molar-refractivity contribution in [3.05, 3.63) is 120 Å². The van der Waals surface area contributed by atoms with E-state index in [-0.39, 0.29) is 11.7 Å². The van der Waals surface area contributed by atoms with Gasteiger partial charge in [-0.3, -0.25) is 9.78 Å².